The number of thioether (sulfide) groups is 1. The Bertz CT molecular complexity index is 579. The second kappa shape index (κ2) is 7.09. The van der Waals surface area contributed by atoms with Crippen molar-refractivity contribution in [1.82, 2.24) is 4.98 Å². The van der Waals surface area contributed by atoms with E-state index in [1.807, 2.05) is 11.4 Å². The molecule has 0 N–H and O–H groups in total. The lowest BCUT2D eigenvalue weighted by Crippen LogP contribution is -2.05. The number of nitrogens with zero attached hydrogens (tertiary/aromatic N) is 1. The maximum atomic E-state index is 12.4. The van der Waals surface area contributed by atoms with Crippen molar-refractivity contribution in [2.24, 2.45) is 0 Å². The number of halogens is 3. The summed E-state index contributed by atoms with van der Waals surface area (Å²) in [5.74, 6) is 0.751. The third-order valence-corrected chi connectivity index (χ3v) is 4.60. The molecule has 0 atom stereocenters. The van der Waals surface area contributed by atoms with Crippen LogP contribution < -0.4 is 0 Å². The Balaban J connectivity index is 1.75. The van der Waals surface area contributed by atoms with Crippen LogP contribution in [0.15, 0.2) is 40.9 Å². The first-order chi connectivity index (χ1) is 9.97. The van der Waals surface area contributed by atoms with Gasteiger partial charge in [0.1, 0.15) is 0 Å². The molecular formula is C14H12F3NOS2. The molecule has 2 heterocycles. The molecule has 0 saturated carbocycles. The number of thiophene rings is 1. The van der Waals surface area contributed by atoms with Crippen LogP contribution in [0.3, 0.4) is 0 Å². The van der Waals surface area contributed by atoms with Gasteiger partial charge < -0.3 is 0 Å². The standard InChI is InChI=1S/C14H12F3NOS2/c15-14(16,17)10-5-6-13(18-9-10)21-8-1-3-11(19)12-4-2-7-20-12/h2,4-7,9H,1,3,8H2. The number of rotatable bonds is 6. The highest BCUT2D eigenvalue weighted by molar-refractivity contribution is 7.99. The molecule has 21 heavy (non-hydrogen) atoms. The molecule has 0 bridgehead atoms. The Kier molecular flexibility index (Phi) is 5.41. The summed E-state index contributed by atoms with van der Waals surface area (Å²) in [4.78, 5) is 16.2. The third-order valence-electron chi connectivity index (χ3n) is 2.66. The Hall–Kier alpha value is -1.34. The SMILES string of the molecule is O=C(CCCSc1ccc(C(F)(F)F)cn1)c1cccs1. The molecule has 0 spiro atoms. The molecule has 0 aliphatic carbocycles. The zero-order valence-corrected chi connectivity index (χ0v) is 12.5. The van der Waals surface area contributed by atoms with Gasteiger partial charge in [-0.3, -0.25) is 4.79 Å². The molecule has 2 nitrogen and oxygen atoms in total. The number of carbonyl (C=O) groups excluding carboxylic acids is 1. The summed E-state index contributed by atoms with van der Waals surface area (Å²) in [6.07, 6.45) is -2.42. The number of alkyl halides is 3. The van der Waals surface area contributed by atoms with Crippen molar-refractivity contribution < 1.29 is 18.0 Å². The second-order valence-electron chi connectivity index (χ2n) is 4.24. The Labute approximate surface area is 128 Å². The van der Waals surface area contributed by atoms with E-state index in [0.29, 0.717) is 23.6 Å². The average molecular weight is 331 g/mol. The van der Waals surface area contributed by atoms with Crippen molar-refractivity contribution in [3.63, 3.8) is 0 Å². The van der Waals surface area contributed by atoms with Crippen LogP contribution in [-0.2, 0) is 6.18 Å². The van der Waals surface area contributed by atoms with Gasteiger partial charge in [0.05, 0.1) is 15.5 Å². The van der Waals surface area contributed by atoms with Crippen molar-refractivity contribution in [2.75, 3.05) is 5.75 Å². The maximum absolute atomic E-state index is 12.4. The van der Waals surface area contributed by atoms with Gasteiger partial charge in [-0.15, -0.1) is 23.1 Å². The molecule has 2 aromatic heterocycles. The van der Waals surface area contributed by atoms with Crippen LogP contribution in [0.1, 0.15) is 28.1 Å². The van der Waals surface area contributed by atoms with Crippen molar-refractivity contribution >= 4 is 28.9 Å². The lowest BCUT2D eigenvalue weighted by molar-refractivity contribution is -0.137. The molecule has 0 fully saturated rings. The molecule has 0 aromatic carbocycles. The number of carbonyl (C=O) groups is 1. The monoisotopic (exact) mass is 331 g/mol. The van der Waals surface area contributed by atoms with Gasteiger partial charge in [0.25, 0.3) is 0 Å². The van der Waals surface area contributed by atoms with E-state index < -0.39 is 11.7 Å². The first-order valence-electron chi connectivity index (χ1n) is 6.19. The van der Waals surface area contributed by atoms with Crippen LogP contribution in [0, 0.1) is 0 Å². The first-order valence-corrected chi connectivity index (χ1v) is 8.06. The summed E-state index contributed by atoms with van der Waals surface area (Å²) in [7, 11) is 0. The number of Topliss-reactive ketones (excluding diaryl/α,β-unsaturated/α-hetero) is 1. The van der Waals surface area contributed by atoms with E-state index in [9.17, 15) is 18.0 Å². The van der Waals surface area contributed by atoms with Crippen molar-refractivity contribution in [1.29, 1.82) is 0 Å². The number of hydrogen-bond donors (Lipinski definition) is 0. The molecule has 112 valence electrons. The second-order valence-corrected chi connectivity index (χ2v) is 6.30. The van der Waals surface area contributed by atoms with Gasteiger partial charge >= 0.3 is 6.18 Å². The van der Waals surface area contributed by atoms with Crippen LogP contribution in [0.5, 0.6) is 0 Å². The van der Waals surface area contributed by atoms with Gasteiger partial charge in [-0.1, -0.05) is 6.07 Å². The molecule has 0 saturated heterocycles. The summed E-state index contributed by atoms with van der Waals surface area (Å²) < 4.78 is 37.1. The minimum atomic E-state index is -4.36. The van der Waals surface area contributed by atoms with Crippen LogP contribution >= 0.6 is 23.1 Å². The van der Waals surface area contributed by atoms with Gasteiger partial charge in [-0.05, 0) is 35.8 Å². The highest BCUT2D eigenvalue weighted by atomic mass is 32.2. The predicted octanol–water partition coefficient (Wildman–Crippen LogP) is 4.92. The summed E-state index contributed by atoms with van der Waals surface area (Å²) in [6.45, 7) is 0. The van der Waals surface area contributed by atoms with Crippen molar-refractivity contribution in [3.8, 4) is 0 Å². The van der Waals surface area contributed by atoms with E-state index in [1.54, 1.807) is 6.07 Å². The zero-order chi connectivity index (χ0) is 15.3. The molecule has 0 unspecified atom stereocenters. The lowest BCUT2D eigenvalue weighted by Gasteiger charge is -2.06. The normalized spacial score (nSPS) is 11.6. The van der Waals surface area contributed by atoms with Crippen LogP contribution in [0.4, 0.5) is 13.2 Å². The molecule has 7 heteroatoms. The Morgan fingerprint density at radius 2 is 2.10 bits per heavy atom. The van der Waals surface area contributed by atoms with E-state index in [4.69, 9.17) is 0 Å². The fourth-order valence-corrected chi connectivity index (χ4v) is 3.09. The number of hydrogen-bond acceptors (Lipinski definition) is 4. The number of aromatic nitrogens is 1. The quantitative estimate of drug-likeness (QED) is 0.428. The van der Waals surface area contributed by atoms with Gasteiger partial charge in [0, 0.05) is 12.6 Å². The minimum Gasteiger partial charge on any atom is -0.293 e. The van der Waals surface area contributed by atoms with E-state index in [1.165, 1.54) is 29.2 Å². The van der Waals surface area contributed by atoms with E-state index in [2.05, 4.69) is 4.98 Å². The van der Waals surface area contributed by atoms with Crippen molar-refractivity contribution in [3.05, 3.63) is 46.3 Å². The van der Waals surface area contributed by atoms with Gasteiger partial charge in [-0.25, -0.2) is 4.98 Å². The summed E-state index contributed by atoms with van der Waals surface area (Å²) in [6, 6.07) is 6.00. The Morgan fingerprint density at radius 3 is 2.67 bits per heavy atom. The molecule has 2 aromatic rings. The topological polar surface area (TPSA) is 30.0 Å². The van der Waals surface area contributed by atoms with E-state index in [0.717, 1.165) is 17.1 Å². The van der Waals surface area contributed by atoms with Crippen LogP contribution in [-0.4, -0.2) is 16.5 Å². The fraction of sp³-hybridized carbons (Fsp3) is 0.286. The Morgan fingerprint density at radius 1 is 1.29 bits per heavy atom. The highest BCUT2D eigenvalue weighted by Crippen LogP contribution is 2.29. The third kappa shape index (κ3) is 4.86. The van der Waals surface area contributed by atoms with Gasteiger partial charge in [0.2, 0.25) is 0 Å². The summed E-state index contributed by atoms with van der Waals surface area (Å²) in [5, 5.41) is 2.39. The minimum absolute atomic E-state index is 0.103. The smallest absolute Gasteiger partial charge is 0.293 e. The first kappa shape index (κ1) is 16.0. The largest absolute Gasteiger partial charge is 0.417 e. The van der Waals surface area contributed by atoms with Gasteiger partial charge in [-0.2, -0.15) is 13.2 Å². The fourth-order valence-electron chi connectivity index (χ4n) is 1.60. The van der Waals surface area contributed by atoms with E-state index in [-0.39, 0.29) is 5.78 Å². The van der Waals surface area contributed by atoms with Crippen LogP contribution in [0.25, 0.3) is 0 Å². The van der Waals surface area contributed by atoms with Gasteiger partial charge in [0.15, 0.2) is 5.78 Å². The molecular weight excluding hydrogens is 319 g/mol. The van der Waals surface area contributed by atoms with E-state index >= 15 is 0 Å². The lowest BCUT2D eigenvalue weighted by atomic mass is 10.2. The summed E-state index contributed by atoms with van der Waals surface area (Å²) >= 11 is 2.77. The van der Waals surface area contributed by atoms with Crippen molar-refractivity contribution in [2.45, 2.75) is 24.0 Å². The number of ketones is 1. The molecule has 0 amide bonds. The number of pyridine rings is 1. The molecule has 2 rings (SSSR count). The molecule has 0 aliphatic rings. The zero-order valence-electron chi connectivity index (χ0n) is 10.9. The van der Waals surface area contributed by atoms with Crippen LogP contribution in [0.2, 0.25) is 0 Å². The maximum Gasteiger partial charge on any atom is 0.417 e. The molecule has 0 aliphatic heterocycles. The summed E-state index contributed by atoms with van der Waals surface area (Å²) in [5.41, 5.74) is -0.750. The highest BCUT2D eigenvalue weighted by Gasteiger charge is 2.30. The predicted molar refractivity (Wildman–Crippen MR) is 77.8 cm³/mol. The molecule has 0 radical (unpaired) electrons. The average Bonchev–Trinajstić information content (AvgIpc) is 2.97.